The van der Waals surface area contributed by atoms with Gasteiger partial charge < -0.3 is 34.1 Å². The number of methoxy groups -OCH3 is 2. The Morgan fingerprint density at radius 1 is 0.736 bits per heavy atom. The van der Waals surface area contributed by atoms with E-state index in [4.69, 9.17) is 44.1 Å². The van der Waals surface area contributed by atoms with Gasteiger partial charge in [0.1, 0.15) is 47.6 Å². The molecule has 17 nitrogen and oxygen atoms in total. The number of nitrogens with zero attached hydrogens (tertiary/aromatic N) is 4. The van der Waals surface area contributed by atoms with Crippen LogP contribution in [0.5, 0.6) is 11.5 Å². The number of aliphatic carboxylic acids is 1. The van der Waals surface area contributed by atoms with Gasteiger partial charge in [-0.05, 0) is 83.0 Å². The van der Waals surface area contributed by atoms with Gasteiger partial charge in [-0.25, -0.2) is 19.4 Å². The highest BCUT2D eigenvalue weighted by atomic mass is 31.2. The minimum atomic E-state index is -5.02. The minimum absolute atomic E-state index is 0.000962. The highest BCUT2D eigenvalue weighted by Gasteiger charge is 2.56. The summed E-state index contributed by atoms with van der Waals surface area (Å²) >= 11 is 0. The number of aromatic nitrogens is 4. The number of ether oxygens (including phenoxy) is 5. The van der Waals surface area contributed by atoms with Crippen LogP contribution in [0.3, 0.4) is 0 Å². The molecular weight excluding hydrogens is 1170 g/mol. The monoisotopic (exact) mass is 1250 g/mol. The number of carbonyl (C=O) groups is 2. The van der Waals surface area contributed by atoms with E-state index < -0.39 is 73.6 Å². The summed E-state index contributed by atoms with van der Waals surface area (Å²) in [5.74, 6) is 1.82. The lowest BCUT2D eigenvalue weighted by molar-refractivity contribution is -0.152. The Hall–Kier alpha value is -9.05. The van der Waals surface area contributed by atoms with E-state index in [0.29, 0.717) is 40.2 Å². The Labute approximate surface area is 529 Å². The molecule has 0 spiro atoms. The van der Waals surface area contributed by atoms with Crippen molar-refractivity contribution in [2.45, 2.75) is 106 Å². The van der Waals surface area contributed by atoms with E-state index in [2.05, 4.69) is 33.2 Å². The molecule has 0 saturated carbocycles. The first-order valence-electron chi connectivity index (χ1n) is 30.4. The summed E-state index contributed by atoms with van der Waals surface area (Å²) in [6.45, 7) is 2.74. The highest BCUT2D eigenvalue weighted by molar-refractivity contribution is 7.51. The van der Waals surface area contributed by atoms with Crippen molar-refractivity contribution in [3.05, 3.63) is 252 Å². The molecule has 1 saturated heterocycles. The van der Waals surface area contributed by atoms with Gasteiger partial charge in [-0.1, -0.05) is 221 Å². The van der Waals surface area contributed by atoms with Crippen LogP contribution in [0.2, 0.25) is 0 Å². The summed E-state index contributed by atoms with van der Waals surface area (Å²) in [5, 5.41) is 17.1. The number of carboxylic acids is 1. The van der Waals surface area contributed by atoms with Gasteiger partial charge in [-0.3, -0.25) is 18.4 Å². The smallest absolute Gasteiger partial charge is 0.407 e. The van der Waals surface area contributed by atoms with Crippen LogP contribution in [-0.2, 0) is 55.0 Å². The van der Waals surface area contributed by atoms with Crippen molar-refractivity contribution in [2.24, 2.45) is 0 Å². The molecule has 470 valence electrons. The number of unbranched alkanes of at least 4 members (excludes halogenated alkanes) is 5. The lowest BCUT2D eigenvalue weighted by Crippen LogP contribution is -2.49. The van der Waals surface area contributed by atoms with Crippen LogP contribution in [-0.4, -0.2) is 87.8 Å². The molecule has 1 fully saturated rings. The molecule has 6 atom stereocenters. The molecule has 0 aliphatic carbocycles. The summed E-state index contributed by atoms with van der Waals surface area (Å²) < 4.78 is 78.3. The van der Waals surface area contributed by atoms with E-state index >= 15 is 8.96 Å². The second kappa shape index (κ2) is 29.7. The van der Waals surface area contributed by atoms with Crippen molar-refractivity contribution in [3.63, 3.8) is 0 Å². The second-order valence-electron chi connectivity index (χ2n) is 22.3. The van der Waals surface area contributed by atoms with Gasteiger partial charge in [0.2, 0.25) is 0 Å². The number of rotatable bonds is 31. The van der Waals surface area contributed by atoms with Crippen LogP contribution in [0.15, 0.2) is 207 Å². The number of nitrogens with one attached hydrogen (secondary N) is 2. The maximum Gasteiger partial charge on any atom is 0.407 e. The number of hydrogen-bond acceptors (Lipinski definition) is 14. The first-order chi connectivity index (χ1) is 44.3. The SMILES string of the molecule is C#C[C@]1(COP(=O)(N[C@@H](Cc2ccccc2)C(=O)O)O[C@@H](C)C(=O)OCCCCCCCC)O[C@@H](n2cnc3c(NC(c4ccccc4)(c4ccccc4)c4ccc(OC)cc4)nc(F)nc32)C[C@@H]1OC(c1ccccc1)(c1ccccc1)c1ccc(OC)cc1. The summed E-state index contributed by atoms with van der Waals surface area (Å²) in [7, 11) is -1.86. The Morgan fingerprint density at radius 3 is 1.78 bits per heavy atom. The molecule has 3 N–H and O–H groups in total. The molecule has 1 aliphatic heterocycles. The van der Waals surface area contributed by atoms with Gasteiger partial charge >= 0.3 is 25.8 Å². The van der Waals surface area contributed by atoms with Crippen LogP contribution in [0.1, 0.15) is 104 Å². The topological polar surface area (TPSA) is 204 Å². The van der Waals surface area contributed by atoms with Gasteiger partial charge in [0.15, 0.2) is 28.7 Å². The molecular formula is C72H74FN6O11P. The number of halogens is 1. The molecule has 91 heavy (non-hydrogen) atoms. The lowest BCUT2D eigenvalue weighted by atomic mass is 9.77. The molecule has 0 amide bonds. The Bertz CT molecular complexity index is 3840. The summed E-state index contributed by atoms with van der Waals surface area (Å²) in [6.07, 6.45) is 8.46. The maximum absolute atomic E-state index is 16.7. The van der Waals surface area contributed by atoms with Crippen LogP contribution >= 0.6 is 7.75 Å². The van der Waals surface area contributed by atoms with Crippen LogP contribution in [0, 0.1) is 18.4 Å². The number of imidazole rings is 1. The normalized spacial score (nSPS) is 17.1. The number of fused-ring (bicyclic) bond motifs is 1. The van der Waals surface area contributed by atoms with Crippen molar-refractivity contribution in [3.8, 4) is 23.8 Å². The fourth-order valence-electron chi connectivity index (χ4n) is 11.7. The lowest BCUT2D eigenvalue weighted by Gasteiger charge is -2.41. The van der Waals surface area contributed by atoms with Crippen molar-refractivity contribution < 1.29 is 56.4 Å². The molecule has 0 bridgehead atoms. The minimum Gasteiger partial charge on any atom is -0.497 e. The maximum atomic E-state index is 16.7. The quantitative estimate of drug-likeness (QED) is 0.00923. The zero-order valence-electron chi connectivity index (χ0n) is 51.2. The number of carbonyl (C=O) groups excluding carboxylic acids is 1. The summed E-state index contributed by atoms with van der Waals surface area (Å²) in [4.78, 5) is 40.6. The molecule has 3 heterocycles. The molecule has 9 aromatic rings. The molecule has 0 radical (unpaired) electrons. The van der Waals surface area contributed by atoms with E-state index in [1.54, 1.807) is 44.6 Å². The zero-order valence-corrected chi connectivity index (χ0v) is 52.1. The Balaban J connectivity index is 1.09. The first-order valence-corrected chi connectivity index (χ1v) is 32.0. The fourth-order valence-corrected chi connectivity index (χ4v) is 13.3. The second-order valence-corrected chi connectivity index (χ2v) is 24.0. The van der Waals surface area contributed by atoms with Crippen molar-refractivity contribution >= 4 is 36.7 Å². The van der Waals surface area contributed by atoms with E-state index in [1.165, 1.54) is 17.8 Å². The van der Waals surface area contributed by atoms with Crippen LogP contribution < -0.4 is 19.9 Å². The molecule has 1 aliphatic rings. The highest BCUT2D eigenvalue weighted by Crippen LogP contribution is 2.53. The van der Waals surface area contributed by atoms with Crippen LogP contribution in [0.25, 0.3) is 11.2 Å². The van der Waals surface area contributed by atoms with Crippen molar-refractivity contribution in [1.29, 1.82) is 0 Å². The van der Waals surface area contributed by atoms with Crippen LogP contribution in [0.4, 0.5) is 10.2 Å². The number of anilines is 1. The number of carboxylic acid groups (broad SMARTS) is 1. The predicted octanol–water partition coefficient (Wildman–Crippen LogP) is 13.8. The summed E-state index contributed by atoms with van der Waals surface area (Å²) in [5.41, 5.74) is 0.234. The Kier molecular flexibility index (Phi) is 21.2. The molecule has 7 aromatic carbocycles. The third-order valence-corrected chi connectivity index (χ3v) is 18.1. The number of terminal acetylenes is 1. The third-order valence-electron chi connectivity index (χ3n) is 16.4. The average Bonchev–Trinajstić information content (AvgIpc) is 1.74. The Morgan fingerprint density at radius 2 is 1.24 bits per heavy atom. The largest absolute Gasteiger partial charge is 0.497 e. The molecule has 10 rings (SSSR count). The van der Waals surface area contributed by atoms with Crippen molar-refractivity contribution in [1.82, 2.24) is 24.6 Å². The number of hydrogen-bond donors (Lipinski definition) is 3. The van der Waals surface area contributed by atoms with E-state index in [0.717, 1.165) is 48.8 Å². The van der Waals surface area contributed by atoms with E-state index in [9.17, 15) is 14.7 Å². The molecule has 2 aromatic heterocycles. The number of esters is 1. The summed E-state index contributed by atoms with van der Waals surface area (Å²) in [6, 6.07) is 60.4. The standard InChI is InChI=1S/C72H74FN6O11P/c1-6-8-9-10-11-27-46-86-68(82)51(3)90-91(83,78-61(67(80)81)47-52-28-17-12-18-29-52)87-49-70(7-2)62(88-72(56-34-23-15-24-35-56,57-36-25-16-26-37-57)58-40-44-60(85-5)45-41-58)48-63(89-70)79-50-74-64-65(75-69(73)76-66(64)79)77-71(53-30-19-13-20-31-53,54-32-21-14-22-33-54)55-38-42-59(84-4)43-39-55/h2,12-26,28-45,50-51,61-63H,6,8-11,27,46-49H2,1,3-5H3,(H,78,83)(H,80,81)(H,75,76,77)/t51-,61-,62-,63+,70+,91?/m0/s1. The van der Waals surface area contributed by atoms with Gasteiger partial charge in [0.05, 0.1) is 27.2 Å². The fraction of sp³-hybridized carbons (Fsp3) is 0.292. The van der Waals surface area contributed by atoms with Gasteiger partial charge in [-0.2, -0.15) is 14.4 Å². The van der Waals surface area contributed by atoms with Gasteiger partial charge in [-0.15, -0.1) is 6.42 Å². The van der Waals surface area contributed by atoms with Crippen molar-refractivity contribution in [2.75, 3.05) is 32.8 Å². The van der Waals surface area contributed by atoms with E-state index in [1.807, 2.05) is 170 Å². The average molecular weight is 1250 g/mol. The zero-order chi connectivity index (χ0) is 63.9. The molecule has 1 unspecified atom stereocenters. The first kappa shape index (κ1) is 64.9. The predicted molar refractivity (Wildman–Crippen MR) is 345 cm³/mol. The van der Waals surface area contributed by atoms with Gasteiger partial charge in [0.25, 0.3) is 0 Å². The van der Waals surface area contributed by atoms with Gasteiger partial charge in [0, 0.05) is 6.42 Å². The van der Waals surface area contributed by atoms with E-state index in [-0.39, 0.29) is 36.4 Å². The third kappa shape index (κ3) is 14.6. The number of benzene rings is 7. The molecule has 19 heteroatoms.